The molecule has 174 valence electrons. The maximum Gasteiger partial charge on any atom is 0.490 e. The first kappa shape index (κ1) is 23.0. The van der Waals surface area contributed by atoms with Gasteiger partial charge in [-0.05, 0) is 42.7 Å². The summed E-state index contributed by atoms with van der Waals surface area (Å²) in [5, 5.41) is 0.709. The number of carbonyl (C=O) groups excluding carboxylic acids is 2. The lowest BCUT2D eigenvalue weighted by Gasteiger charge is -2.22. The van der Waals surface area contributed by atoms with Crippen LogP contribution in [0.15, 0.2) is 36.7 Å². The van der Waals surface area contributed by atoms with E-state index in [1.165, 1.54) is 11.9 Å². The van der Waals surface area contributed by atoms with Crippen molar-refractivity contribution in [2.75, 3.05) is 19.3 Å². The Morgan fingerprint density at radius 3 is 2.71 bits per heavy atom. The Labute approximate surface area is 192 Å². The number of nitrogens with zero attached hydrogens (tertiary/aromatic N) is 4. The van der Waals surface area contributed by atoms with Gasteiger partial charge < -0.3 is 15.4 Å². The quantitative estimate of drug-likeness (QED) is 0.454. The minimum Gasteiger partial charge on any atom is -0.429 e. The highest BCUT2D eigenvalue weighted by Gasteiger charge is 2.53. The third kappa shape index (κ3) is 4.34. The molecule has 1 aliphatic heterocycles. The van der Waals surface area contributed by atoms with E-state index in [1.54, 1.807) is 43.6 Å². The number of carbonyl (C=O) groups is 2. The number of hydrogen-bond donors (Lipinski definition) is 1. The Morgan fingerprint density at radius 2 is 2.03 bits per heavy atom. The zero-order chi connectivity index (χ0) is 24.7. The minimum absolute atomic E-state index is 0.0953. The highest BCUT2D eigenvalue weighted by atomic mass is 19.4. The lowest BCUT2D eigenvalue weighted by Crippen LogP contribution is -2.45. The van der Waals surface area contributed by atoms with Crippen LogP contribution >= 0.6 is 0 Å². The van der Waals surface area contributed by atoms with E-state index in [2.05, 4.69) is 31.5 Å². The molecule has 1 aliphatic rings. The third-order valence-electron chi connectivity index (χ3n) is 5.26. The molecule has 34 heavy (non-hydrogen) atoms. The molecule has 11 heteroatoms. The number of esters is 1. The average molecular weight is 469 g/mol. The largest absolute Gasteiger partial charge is 0.490 e. The molecule has 2 aromatic heterocycles. The van der Waals surface area contributed by atoms with Crippen LogP contribution < -0.4 is 5.73 Å². The third-order valence-corrected chi connectivity index (χ3v) is 5.26. The van der Waals surface area contributed by atoms with Crippen LogP contribution in [0.4, 0.5) is 19.0 Å². The molecule has 0 saturated carbocycles. The fraction of sp³-hybridized carbons (Fsp3) is 0.261. The van der Waals surface area contributed by atoms with Crippen molar-refractivity contribution in [2.45, 2.75) is 25.1 Å². The van der Waals surface area contributed by atoms with Crippen LogP contribution in [-0.2, 0) is 14.3 Å². The van der Waals surface area contributed by atoms with Gasteiger partial charge in [-0.3, -0.25) is 4.79 Å². The Kier molecular flexibility index (Phi) is 5.61. The molecule has 3 heterocycles. The van der Waals surface area contributed by atoms with Gasteiger partial charge in [-0.25, -0.2) is 19.7 Å². The van der Waals surface area contributed by atoms with E-state index in [0.29, 0.717) is 27.9 Å². The van der Waals surface area contributed by atoms with Crippen molar-refractivity contribution in [3.8, 4) is 23.2 Å². The smallest absolute Gasteiger partial charge is 0.429 e. The van der Waals surface area contributed by atoms with Crippen molar-refractivity contribution in [1.29, 1.82) is 0 Å². The van der Waals surface area contributed by atoms with Gasteiger partial charge in [0, 0.05) is 48.9 Å². The number of hydrogen-bond acceptors (Lipinski definition) is 7. The van der Waals surface area contributed by atoms with Gasteiger partial charge in [-0.2, -0.15) is 13.2 Å². The molecule has 8 nitrogen and oxygen atoms in total. The van der Waals surface area contributed by atoms with E-state index >= 15 is 0 Å². The molecular formula is C23H18F3N5O3. The number of aryl methyl sites for hydroxylation is 1. The van der Waals surface area contributed by atoms with Gasteiger partial charge in [0.15, 0.2) is 5.82 Å². The number of ether oxygens (including phenoxy) is 1. The van der Waals surface area contributed by atoms with Crippen molar-refractivity contribution in [2.24, 2.45) is 0 Å². The molecule has 1 atom stereocenters. The molecule has 0 spiro atoms. The van der Waals surface area contributed by atoms with Gasteiger partial charge in [-0.15, -0.1) is 0 Å². The van der Waals surface area contributed by atoms with Crippen molar-refractivity contribution in [1.82, 2.24) is 19.9 Å². The number of benzene rings is 1. The summed E-state index contributed by atoms with van der Waals surface area (Å²) in [5.41, 5.74) is 5.88. The van der Waals surface area contributed by atoms with Gasteiger partial charge >= 0.3 is 12.1 Å². The number of halogens is 3. The second kappa shape index (κ2) is 8.30. The molecule has 3 aromatic rings. The van der Waals surface area contributed by atoms with Crippen LogP contribution in [0.1, 0.15) is 17.5 Å². The number of nitrogens with two attached hydrogens (primary N) is 1. The van der Waals surface area contributed by atoms with Crippen molar-refractivity contribution < 1.29 is 27.5 Å². The summed E-state index contributed by atoms with van der Waals surface area (Å²) in [6.07, 6.45) is -2.29. The number of anilines is 1. The molecule has 0 radical (unpaired) electrons. The van der Waals surface area contributed by atoms with E-state index in [-0.39, 0.29) is 18.8 Å². The summed E-state index contributed by atoms with van der Waals surface area (Å²) in [5.74, 6) is 2.49. The minimum atomic E-state index is -5.25. The van der Waals surface area contributed by atoms with Gasteiger partial charge in [0.05, 0.1) is 0 Å². The second-order valence-electron chi connectivity index (χ2n) is 7.86. The Balaban J connectivity index is 1.74. The number of likely N-dealkylation sites (tertiary alicyclic amines) is 1. The SMILES string of the molecule is Cc1cc(C#C[C@]2(OC(=O)C(F)(F)F)CCN(C)C2=O)cc(-c2ncc3ccnc(N)c3n2)c1. The standard InChI is InChI=1S/C23H18F3N5O3/c1-13-9-14(3-5-22(6-8-31(2)20(22)32)34-21(33)23(24,25)26)11-16(10-13)19-29-12-15-4-7-28-18(27)17(15)30-19/h4,7,9-12H,6,8H2,1-2H3,(H2,27,28)/t22-/m0/s1. The summed E-state index contributed by atoms with van der Waals surface area (Å²) in [6, 6.07) is 6.82. The van der Waals surface area contributed by atoms with Crippen LogP contribution in [0.25, 0.3) is 22.3 Å². The van der Waals surface area contributed by atoms with Crippen molar-refractivity contribution >= 4 is 28.6 Å². The molecule has 1 saturated heterocycles. The number of rotatable bonds is 2. The first-order valence-corrected chi connectivity index (χ1v) is 10.1. The number of pyridine rings is 1. The molecule has 2 N–H and O–H groups in total. The lowest BCUT2D eigenvalue weighted by molar-refractivity contribution is -0.209. The van der Waals surface area contributed by atoms with Crippen molar-refractivity contribution in [3.05, 3.63) is 47.8 Å². The normalized spacial score (nSPS) is 18.0. The molecule has 0 bridgehead atoms. The number of nitrogen functional groups attached to an aromatic ring is 1. The van der Waals surface area contributed by atoms with Gasteiger partial charge in [0.1, 0.15) is 11.3 Å². The molecule has 1 fully saturated rings. The average Bonchev–Trinajstić information content (AvgIpc) is 3.06. The van der Waals surface area contributed by atoms with E-state index in [9.17, 15) is 22.8 Å². The Hall–Kier alpha value is -4.20. The summed E-state index contributed by atoms with van der Waals surface area (Å²) in [6.45, 7) is 1.89. The van der Waals surface area contributed by atoms with Crippen LogP contribution in [0.2, 0.25) is 0 Å². The van der Waals surface area contributed by atoms with Gasteiger partial charge in [0.25, 0.3) is 11.5 Å². The number of likely N-dealkylation sites (N-methyl/N-ethyl adjacent to an activating group) is 1. The molecule has 1 amide bonds. The summed E-state index contributed by atoms with van der Waals surface area (Å²) >= 11 is 0. The predicted octanol–water partition coefficient (Wildman–Crippen LogP) is 2.64. The first-order valence-electron chi connectivity index (χ1n) is 10.1. The topological polar surface area (TPSA) is 111 Å². The van der Waals surface area contributed by atoms with Crippen LogP contribution in [0.5, 0.6) is 0 Å². The molecule has 0 unspecified atom stereocenters. The maximum absolute atomic E-state index is 12.8. The van der Waals surface area contributed by atoms with E-state index in [0.717, 1.165) is 5.56 Å². The zero-order valence-corrected chi connectivity index (χ0v) is 18.1. The fourth-order valence-corrected chi connectivity index (χ4v) is 3.57. The summed E-state index contributed by atoms with van der Waals surface area (Å²) in [7, 11) is 1.40. The number of fused-ring (bicyclic) bond motifs is 1. The number of aromatic nitrogens is 3. The second-order valence-corrected chi connectivity index (χ2v) is 7.86. The predicted molar refractivity (Wildman–Crippen MR) is 116 cm³/mol. The lowest BCUT2D eigenvalue weighted by atomic mass is 10.0. The van der Waals surface area contributed by atoms with Crippen molar-refractivity contribution in [3.63, 3.8) is 0 Å². The molecule has 0 aliphatic carbocycles. The van der Waals surface area contributed by atoms with Gasteiger partial charge in [-0.1, -0.05) is 5.92 Å². The van der Waals surface area contributed by atoms with E-state index < -0.39 is 23.7 Å². The molecule has 4 rings (SSSR count). The van der Waals surface area contributed by atoms with E-state index in [1.807, 2.05) is 0 Å². The maximum atomic E-state index is 12.8. The molecule has 1 aromatic carbocycles. The van der Waals surface area contributed by atoms with Crippen LogP contribution in [0.3, 0.4) is 0 Å². The Morgan fingerprint density at radius 1 is 1.26 bits per heavy atom. The highest BCUT2D eigenvalue weighted by molar-refractivity contribution is 5.94. The van der Waals surface area contributed by atoms with Gasteiger partial charge in [0.2, 0.25) is 0 Å². The van der Waals surface area contributed by atoms with Crippen LogP contribution in [-0.4, -0.2) is 57.1 Å². The monoisotopic (exact) mass is 469 g/mol. The first-order chi connectivity index (χ1) is 16.0. The highest BCUT2D eigenvalue weighted by Crippen LogP contribution is 2.30. The zero-order valence-electron chi connectivity index (χ0n) is 18.1. The van der Waals surface area contributed by atoms with E-state index in [4.69, 9.17) is 5.73 Å². The Bertz CT molecular complexity index is 1380. The fourth-order valence-electron chi connectivity index (χ4n) is 3.57. The molecular weight excluding hydrogens is 451 g/mol. The summed E-state index contributed by atoms with van der Waals surface area (Å²) < 4.78 is 43.1. The number of alkyl halides is 3. The van der Waals surface area contributed by atoms with Crippen LogP contribution in [0, 0.1) is 18.8 Å². The number of amides is 1. The summed E-state index contributed by atoms with van der Waals surface area (Å²) in [4.78, 5) is 38.1.